The number of benzene rings is 2. The fourth-order valence-corrected chi connectivity index (χ4v) is 2.58. The summed E-state index contributed by atoms with van der Waals surface area (Å²) in [4.78, 5) is 12.4. The Kier molecular flexibility index (Phi) is 7.33. The van der Waals surface area contributed by atoms with Crippen LogP contribution in [0.4, 0.5) is 0 Å². The summed E-state index contributed by atoms with van der Waals surface area (Å²) in [6, 6.07) is 13.5. The van der Waals surface area contributed by atoms with E-state index in [-0.39, 0.29) is 5.91 Å². The van der Waals surface area contributed by atoms with Gasteiger partial charge < -0.3 is 19.5 Å². The van der Waals surface area contributed by atoms with Crippen LogP contribution >= 0.6 is 0 Å². The molecular formula is C21H27NO4. The Hall–Kier alpha value is -2.69. The smallest absolute Gasteiger partial charge is 0.261 e. The summed E-state index contributed by atoms with van der Waals surface area (Å²) >= 11 is 0. The third-order valence-corrected chi connectivity index (χ3v) is 4.12. The highest BCUT2D eigenvalue weighted by molar-refractivity contribution is 5.81. The number of amides is 1. The number of methoxy groups -OCH3 is 2. The normalized spacial score (nSPS) is 11.5. The summed E-state index contributed by atoms with van der Waals surface area (Å²) in [6.07, 6.45) is 0.812. The van der Waals surface area contributed by atoms with Crippen molar-refractivity contribution in [1.29, 1.82) is 0 Å². The number of rotatable bonds is 9. The maximum absolute atomic E-state index is 12.4. The van der Waals surface area contributed by atoms with Crippen molar-refractivity contribution in [2.24, 2.45) is 0 Å². The zero-order valence-corrected chi connectivity index (χ0v) is 15.9. The molecule has 2 aromatic carbocycles. The number of carbonyl (C=O) groups excluding carboxylic acids is 1. The number of ether oxygens (including phenoxy) is 3. The van der Waals surface area contributed by atoms with Crippen LogP contribution in [0.2, 0.25) is 0 Å². The molecule has 1 atom stereocenters. The van der Waals surface area contributed by atoms with Gasteiger partial charge in [-0.25, -0.2) is 0 Å². The van der Waals surface area contributed by atoms with Crippen molar-refractivity contribution in [2.75, 3.05) is 20.8 Å². The zero-order chi connectivity index (χ0) is 18.9. The molecule has 0 saturated heterocycles. The molecule has 26 heavy (non-hydrogen) atoms. The molecule has 0 aliphatic carbocycles. The Labute approximate surface area is 155 Å². The Bertz CT molecular complexity index is 712. The standard InChI is InChI=1S/C21H27NO4/c1-5-18(26-17-9-6-15(2)7-10-17)21(23)22-13-12-16-8-11-19(24-3)20(14-16)25-4/h6-11,14,18H,5,12-13H2,1-4H3,(H,22,23)/t18-/m0/s1. The molecule has 0 fully saturated rings. The highest BCUT2D eigenvalue weighted by Crippen LogP contribution is 2.27. The van der Waals surface area contributed by atoms with Crippen LogP contribution in [0, 0.1) is 6.92 Å². The van der Waals surface area contributed by atoms with E-state index in [4.69, 9.17) is 14.2 Å². The minimum absolute atomic E-state index is 0.103. The summed E-state index contributed by atoms with van der Waals surface area (Å²) in [7, 11) is 3.22. The largest absolute Gasteiger partial charge is 0.493 e. The van der Waals surface area contributed by atoms with Crippen LogP contribution in [0.1, 0.15) is 24.5 Å². The van der Waals surface area contributed by atoms with Gasteiger partial charge in [-0.15, -0.1) is 0 Å². The first kappa shape index (κ1) is 19.6. The first-order valence-electron chi connectivity index (χ1n) is 8.79. The second kappa shape index (κ2) is 9.70. The molecule has 0 aliphatic heterocycles. The van der Waals surface area contributed by atoms with Crippen molar-refractivity contribution in [3.8, 4) is 17.2 Å². The second-order valence-electron chi connectivity index (χ2n) is 6.06. The third kappa shape index (κ3) is 5.41. The van der Waals surface area contributed by atoms with Gasteiger partial charge in [-0.1, -0.05) is 30.7 Å². The van der Waals surface area contributed by atoms with Crippen molar-refractivity contribution in [2.45, 2.75) is 32.8 Å². The molecule has 0 heterocycles. The molecule has 0 unspecified atom stereocenters. The van der Waals surface area contributed by atoms with E-state index in [9.17, 15) is 4.79 Å². The van der Waals surface area contributed by atoms with Gasteiger partial charge in [-0.05, 0) is 49.6 Å². The topological polar surface area (TPSA) is 56.8 Å². The highest BCUT2D eigenvalue weighted by Gasteiger charge is 2.17. The number of carbonyl (C=O) groups is 1. The van der Waals surface area contributed by atoms with Gasteiger partial charge >= 0.3 is 0 Å². The number of hydrogen-bond donors (Lipinski definition) is 1. The molecule has 1 N–H and O–H groups in total. The summed E-state index contributed by atoms with van der Waals surface area (Å²) in [5, 5.41) is 2.94. The second-order valence-corrected chi connectivity index (χ2v) is 6.06. The minimum atomic E-state index is -0.497. The summed E-state index contributed by atoms with van der Waals surface area (Å²) in [6.45, 7) is 4.48. The quantitative estimate of drug-likeness (QED) is 0.746. The van der Waals surface area contributed by atoms with Crippen LogP contribution in [-0.2, 0) is 11.2 Å². The van der Waals surface area contributed by atoms with Gasteiger partial charge in [0.05, 0.1) is 14.2 Å². The van der Waals surface area contributed by atoms with Crippen LogP contribution in [0.25, 0.3) is 0 Å². The van der Waals surface area contributed by atoms with Gasteiger partial charge in [0.1, 0.15) is 5.75 Å². The number of aryl methyl sites for hydroxylation is 1. The molecule has 0 aliphatic rings. The molecule has 0 radical (unpaired) electrons. The molecule has 140 valence electrons. The zero-order valence-electron chi connectivity index (χ0n) is 15.9. The lowest BCUT2D eigenvalue weighted by atomic mass is 10.1. The Morgan fingerprint density at radius 1 is 1.04 bits per heavy atom. The molecule has 2 aromatic rings. The maximum atomic E-state index is 12.4. The Morgan fingerprint density at radius 2 is 1.73 bits per heavy atom. The molecule has 0 spiro atoms. The van der Waals surface area contributed by atoms with Crippen LogP contribution < -0.4 is 19.5 Å². The van der Waals surface area contributed by atoms with Gasteiger partial charge in [0.15, 0.2) is 17.6 Å². The third-order valence-electron chi connectivity index (χ3n) is 4.12. The summed E-state index contributed by atoms with van der Waals surface area (Å²) in [5.41, 5.74) is 2.22. The minimum Gasteiger partial charge on any atom is -0.493 e. The van der Waals surface area contributed by atoms with E-state index in [1.807, 2.05) is 56.3 Å². The van der Waals surface area contributed by atoms with Crippen LogP contribution in [0.15, 0.2) is 42.5 Å². The van der Waals surface area contributed by atoms with Gasteiger partial charge in [0.25, 0.3) is 5.91 Å². The monoisotopic (exact) mass is 357 g/mol. The fraction of sp³-hybridized carbons (Fsp3) is 0.381. The molecule has 5 heteroatoms. The predicted octanol–water partition coefficient (Wildman–Crippen LogP) is 3.53. The lowest BCUT2D eigenvalue weighted by Crippen LogP contribution is -2.38. The molecule has 0 aromatic heterocycles. The van der Waals surface area contributed by atoms with Gasteiger partial charge in [0, 0.05) is 6.54 Å². The van der Waals surface area contributed by atoms with Crippen LogP contribution in [-0.4, -0.2) is 32.8 Å². The maximum Gasteiger partial charge on any atom is 0.261 e. The van der Waals surface area contributed by atoms with E-state index < -0.39 is 6.10 Å². The molecule has 2 rings (SSSR count). The van der Waals surface area contributed by atoms with E-state index >= 15 is 0 Å². The SMILES string of the molecule is CC[C@H](Oc1ccc(C)cc1)C(=O)NCCc1ccc(OC)c(OC)c1. The van der Waals surface area contributed by atoms with E-state index in [2.05, 4.69) is 5.32 Å². The van der Waals surface area contributed by atoms with E-state index in [1.54, 1.807) is 14.2 Å². The van der Waals surface area contributed by atoms with Crippen molar-refractivity contribution in [1.82, 2.24) is 5.32 Å². The molecule has 5 nitrogen and oxygen atoms in total. The highest BCUT2D eigenvalue weighted by atomic mass is 16.5. The number of nitrogens with one attached hydrogen (secondary N) is 1. The van der Waals surface area contributed by atoms with Gasteiger partial charge in [-0.2, -0.15) is 0 Å². The van der Waals surface area contributed by atoms with Gasteiger partial charge in [0.2, 0.25) is 0 Å². The number of hydrogen-bond acceptors (Lipinski definition) is 4. The first-order chi connectivity index (χ1) is 12.6. The summed E-state index contributed by atoms with van der Waals surface area (Å²) in [5.74, 6) is 1.98. The van der Waals surface area contributed by atoms with Crippen molar-refractivity contribution in [3.05, 3.63) is 53.6 Å². The van der Waals surface area contributed by atoms with E-state index in [1.165, 1.54) is 0 Å². The molecule has 0 bridgehead atoms. The van der Waals surface area contributed by atoms with Crippen LogP contribution in [0.3, 0.4) is 0 Å². The van der Waals surface area contributed by atoms with Crippen molar-refractivity contribution in [3.63, 3.8) is 0 Å². The summed E-state index contributed by atoms with van der Waals surface area (Å²) < 4.78 is 16.3. The molecule has 0 saturated carbocycles. The lowest BCUT2D eigenvalue weighted by molar-refractivity contribution is -0.128. The fourth-order valence-electron chi connectivity index (χ4n) is 2.58. The van der Waals surface area contributed by atoms with Crippen LogP contribution in [0.5, 0.6) is 17.2 Å². The first-order valence-corrected chi connectivity index (χ1v) is 8.79. The van der Waals surface area contributed by atoms with Crippen molar-refractivity contribution >= 4 is 5.91 Å². The van der Waals surface area contributed by atoms with E-state index in [0.717, 1.165) is 11.1 Å². The Balaban J connectivity index is 1.87. The molecule has 1 amide bonds. The Morgan fingerprint density at radius 3 is 2.35 bits per heavy atom. The predicted molar refractivity (Wildman–Crippen MR) is 102 cm³/mol. The van der Waals surface area contributed by atoms with Crippen molar-refractivity contribution < 1.29 is 19.0 Å². The molecular weight excluding hydrogens is 330 g/mol. The lowest BCUT2D eigenvalue weighted by Gasteiger charge is -2.17. The average Bonchev–Trinajstić information content (AvgIpc) is 2.67. The van der Waals surface area contributed by atoms with E-state index in [0.29, 0.717) is 36.6 Å². The van der Waals surface area contributed by atoms with Gasteiger partial charge in [-0.3, -0.25) is 4.79 Å². The average molecular weight is 357 g/mol.